The van der Waals surface area contributed by atoms with Crippen molar-refractivity contribution >= 4 is 29.2 Å². The van der Waals surface area contributed by atoms with E-state index >= 15 is 0 Å². The number of hydrogen-bond donors (Lipinski definition) is 1. The number of thioether (sulfide) groups is 1. The first-order chi connectivity index (χ1) is 7.69. The van der Waals surface area contributed by atoms with Gasteiger partial charge in [0.15, 0.2) is 0 Å². The second-order valence-corrected chi connectivity index (χ2v) is 5.53. The van der Waals surface area contributed by atoms with Gasteiger partial charge in [0.25, 0.3) is 0 Å². The largest absolute Gasteiger partial charge is 0.366 e. The Morgan fingerprint density at radius 1 is 1.44 bits per heavy atom. The van der Waals surface area contributed by atoms with Gasteiger partial charge in [0.1, 0.15) is 5.82 Å². The summed E-state index contributed by atoms with van der Waals surface area (Å²) in [6.07, 6.45) is 5.96. The van der Waals surface area contributed by atoms with Crippen LogP contribution >= 0.6 is 23.4 Å². The molecular formula is C11H16ClN3S. The van der Waals surface area contributed by atoms with Gasteiger partial charge in [-0.25, -0.2) is 9.97 Å². The van der Waals surface area contributed by atoms with Crippen molar-refractivity contribution < 1.29 is 0 Å². The quantitative estimate of drug-likeness (QED) is 0.845. The molecule has 0 amide bonds. The molecule has 3 nitrogen and oxygen atoms in total. The van der Waals surface area contributed by atoms with Gasteiger partial charge >= 0.3 is 0 Å². The van der Waals surface area contributed by atoms with Gasteiger partial charge in [-0.1, -0.05) is 6.42 Å². The molecule has 1 N–H and O–H groups in total. The van der Waals surface area contributed by atoms with Crippen LogP contribution in [0, 0.1) is 6.92 Å². The first-order valence-corrected chi connectivity index (χ1v) is 7.16. The lowest BCUT2D eigenvalue weighted by atomic mass is 10.2. The van der Waals surface area contributed by atoms with Crippen LogP contribution in [0.2, 0.25) is 5.28 Å². The summed E-state index contributed by atoms with van der Waals surface area (Å²) in [7, 11) is 0. The van der Waals surface area contributed by atoms with Gasteiger partial charge in [-0.2, -0.15) is 11.8 Å². The van der Waals surface area contributed by atoms with Gasteiger partial charge in [-0.3, -0.25) is 0 Å². The van der Waals surface area contributed by atoms with E-state index in [1.54, 1.807) is 0 Å². The second-order valence-electron chi connectivity index (χ2n) is 4.12. The molecule has 88 valence electrons. The monoisotopic (exact) mass is 257 g/mol. The molecule has 1 aliphatic rings. The maximum absolute atomic E-state index is 5.84. The number of aromatic nitrogens is 2. The summed E-state index contributed by atoms with van der Waals surface area (Å²) < 4.78 is 0. The van der Waals surface area contributed by atoms with Gasteiger partial charge in [-0.05, 0) is 37.6 Å². The molecule has 0 aliphatic heterocycles. The molecular weight excluding hydrogens is 242 g/mol. The number of hydrogen-bond acceptors (Lipinski definition) is 4. The van der Waals surface area contributed by atoms with Gasteiger partial charge in [-0.15, -0.1) is 0 Å². The molecule has 0 spiro atoms. The summed E-state index contributed by atoms with van der Waals surface area (Å²) in [5, 5.41) is 4.48. The predicted molar refractivity (Wildman–Crippen MR) is 70.3 cm³/mol. The highest BCUT2D eigenvalue weighted by molar-refractivity contribution is 7.99. The summed E-state index contributed by atoms with van der Waals surface area (Å²) in [5.41, 5.74) is 0.904. The summed E-state index contributed by atoms with van der Waals surface area (Å²) in [6, 6.07) is 2.46. The molecule has 0 aromatic carbocycles. The normalized spacial score (nSPS) is 24.7. The lowest BCUT2D eigenvalue weighted by molar-refractivity contribution is 0.762. The molecule has 5 heteroatoms. The summed E-state index contributed by atoms with van der Waals surface area (Å²) in [5.74, 6) is 0.850. The van der Waals surface area contributed by atoms with Crippen molar-refractivity contribution in [1.29, 1.82) is 0 Å². The molecule has 1 aromatic rings. The van der Waals surface area contributed by atoms with Crippen molar-refractivity contribution in [2.75, 3.05) is 11.6 Å². The average molecular weight is 258 g/mol. The molecule has 16 heavy (non-hydrogen) atoms. The summed E-state index contributed by atoms with van der Waals surface area (Å²) in [6.45, 7) is 1.93. The summed E-state index contributed by atoms with van der Waals surface area (Å²) in [4.78, 5) is 8.26. The number of nitrogens with zero attached hydrogens (tertiary/aromatic N) is 2. The summed E-state index contributed by atoms with van der Waals surface area (Å²) >= 11 is 7.77. The molecule has 1 heterocycles. The van der Waals surface area contributed by atoms with Crippen molar-refractivity contribution in [3.05, 3.63) is 17.0 Å². The van der Waals surface area contributed by atoms with E-state index in [0.29, 0.717) is 16.6 Å². The predicted octanol–water partition coefficient (Wildman–Crippen LogP) is 3.13. The first-order valence-electron chi connectivity index (χ1n) is 5.49. The number of halogens is 1. The first kappa shape index (κ1) is 12.0. The van der Waals surface area contributed by atoms with Crippen LogP contribution in [0.15, 0.2) is 6.07 Å². The van der Waals surface area contributed by atoms with Crippen LogP contribution in [-0.4, -0.2) is 27.5 Å². The molecule has 2 unspecified atom stereocenters. The fourth-order valence-electron chi connectivity index (χ4n) is 2.17. The third-order valence-electron chi connectivity index (χ3n) is 2.92. The highest BCUT2D eigenvalue weighted by Crippen LogP contribution is 2.30. The third-order valence-corrected chi connectivity index (χ3v) is 4.25. The third kappa shape index (κ3) is 2.80. The second kappa shape index (κ2) is 5.23. The maximum Gasteiger partial charge on any atom is 0.224 e. The molecule has 1 fully saturated rings. The van der Waals surface area contributed by atoms with Gasteiger partial charge in [0.05, 0.1) is 0 Å². The van der Waals surface area contributed by atoms with E-state index in [1.807, 2.05) is 24.8 Å². The van der Waals surface area contributed by atoms with Crippen LogP contribution in [0.1, 0.15) is 25.0 Å². The Morgan fingerprint density at radius 3 is 2.94 bits per heavy atom. The van der Waals surface area contributed by atoms with E-state index in [-0.39, 0.29) is 0 Å². The fraction of sp³-hybridized carbons (Fsp3) is 0.636. The SMILES string of the molecule is CSC1CCCC1Nc1cc(C)nc(Cl)n1. The Hall–Kier alpha value is -0.480. The van der Waals surface area contributed by atoms with Crippen LogP contribution in [0.5, 0.6) is 0 Å². The molecule has 1 aliphatic carbocycles. The van der Waals surface area contributed by atoms with Crippen molar-refractivity contribution in [3.8, 4) is 0 Å². The zero-order valence-electron chi connectivity index (χ0n) is 9.53. The van der Waals surface area contributed by atoms with Crippen LogP contribution in [-0.2, 0) is 0 Å². The Kier molecular flexibility index (Phi) is 3.92. The minimum absolute atomic E-state index is 0.321. The van der Waals surface area contributed by atoms with E-state index in [1.165, 1.54) is 19.3 Å². The highest BCUT2D eigenvalue weighted by atomic mass is 35.5. The Labute approximate surface area is 105 Å². The molecule has 1 saturated carbocycles. The van der Waals surface area contributed by atoms with E-state index < -0.39 is 0 Å². The molecule has 1 aromatic heterocycles. The zero-order chi connectivity index (χ0) is 11.5. The minimum atomic E-state index is 0.321. The lowest BCUT2D eigenvalue weighted by Crippen LogP contribution is -2.26. The van der Waals surface area contributed by atoms with Crippen molar-refractivity contribution in [3.63, 3.8) is 0 Å². The van der Waals surface area contributed by atoms with Crippen molar-refractivity contribution in [1.82, 2.24) is 9.97 Å². The smallest absolute Gasteiger partial charge is 0.224 e. The Bertz CT molecular complexity index is 352. The lowest BCUT2D eigenvalue weighted by Gasteiger charge is -2.19. The van der Waals surface area contributed by atoms with Crippen molar-refractivity contribution in [2.24, 2.45) is 0 Å². The molecule has 0 radical (unpaired) electrons. The van der Waals surface area contributed by atoms with Crippen LogP contribution in [0.3, 0.4) is 0 Å². The van der Waals surface area contributed by atoms with E-state index in [9.17, 15) is 0 Å². The minimum Gasteiger partial charge on any atom is -0.366 e. The van der Waals surface area contributed by atoms with Gasteiger partial charge < -0.3 is 5.32 Å². The van der Waals surface area contributed by atoms with Crippen molar-refractivity contribution in [2.45, 2.75) is 37.5 Å². The van der Waals surface area contributed by atoms with Gasteiger partial charge in [0.2, 0.25) is 5.28 Å². The number of nitrogens with one attached hydrogen (secondary N) is 1. The molecule has 2 atom stereocenters. The van der Waals surface area contributed by atoms with Crippen LogP contribution in [0.25, 0.3) is 0 Å². The van der Waals surface area contributed by atoms with Crippen LogP contribution in [0.4, 0.5) is 5.82 Å². The standard InChI is InChI=1S/C11H16ClN3S/c1-7-6-10(15-11(12)13-7)14-8-4-3-5-9(8)16-2/h6,8-9H,3-5H2,1-2H3,(H,13,14,15). The number of anilines is 1. The fourth-order valence-corrected chi connectivity index (χ4v) is 3.33. The molecule has 0 bridgehead atoms. The molecule has 2 rings (SSSR count). The maximum atomic E-state index is 5.84. The Balaban J connectivity index is 2.08. The zero-order valence-corrected chi connectivity index (χ0v) is 11.1. The van der Waals surface area contributed by atoms with Gasteiger partial charge in [0, 0.05) is 23.1 Å². The highest BCUT2D eigenvalue weighted by Gasteiger charge is 2.26. The van der Waals surface area contributed by atoms with E-state index in [4.69, 9.17) is 11.6 Å². The average Bonchev–Trinajstić information content (AvgIpc) is 2.63. The van der Waals surface area contributed by atoms with E-state index in [2.05, 4.69) is 21.5 Å². The molecule has 0 saturated heterocycles. The number of aryl methyl sites for hydroxylation is 1. The topological polar surface area (TPSA) is 37.8 Å². The van der Waals surface area contributed by atoms with Crippen LogP contribution < -0.4 is 5.32 Å². The van der Waals surface area contributed by atoms with E-state index in [0.717, 1.165) is 11.5 Å². The number of rotatable bonds is 3. The Morgan fingerprint density at radius 2 is 2.25 bits per heavy atom.